The Morgan fingerprint density at radius 3 is 1.14 bits per heavy atom. The summed E-state index contributed by atoms with van der Waals surface area (Å²) in [5.74, 6) is 5.82. The van der Waals surface area contributed by atoms with Gasteiger partial charge in [0.25, 0.3) is 0 Å². The van der Waals surface area contributed by atoms with Gasteiger partial charge in [0.05, 0.1) is 36.2 Å². The van der Waals surface area contributed by atoms with Crippen LogP contribution in [0.3, 0.4) is 0 Å². The average molecular weight is 1040 g/mol. The van der Waals surface area contributed by atoms with Gasteiger partial charge in [-0.2, -0.15) is 10.2 Å². The Bertz CT molecular complexity index is 1670. The molecule has 7 aromatic heterocycles. The van der Waals surface area contributed by atoms with Crippen molar-refractivity contribution in [3.05, 3.63) is 133 Å². The first-order valence-electron chi connectivity index (χ1n) is 27.0. The van der Waals surface area contributed by atoms with Crippen LogP contribution in [0.4, 0.5) is 0 Å². The molecule has 0 unspecified atom stereocenters. The summed E-state index contributed by atoms with van der Waals surface area (Å²) in [6, 6.07) is 3.76. The summed E-state index contributed by atoms with van der Waals surface area (Å²) in [4.78, 5) is 27.4. The van der Waals surface area contributed by atoms with Crippen LogP contribution in [0.25, 0.3) is 0 Å². The minimum atomic E-state index is 0.374. The highest BCUT2D eigenvalue weighted by Crippen LogP contribution is 2.13. The van der Waals surface area contributed by atoms with E-state index < -0.39 is 0 Å². The molecule has 0 aromatic carbocycles. The van der Waals surface area contributed by atoms with Gasteiger partial charge >= 0.3 is 0 Å². The summed E-state index contributed by atoms with van der Waals surface area (Å²) >= 11 is 0. The third-order valence-corrected chi connectivity index (χ3v) is 7.59. The summed E-state index contributed by atoms with van der Waals surface area (Å²) in [5.41, 5.74) is 4.36. The Morgan fingerprint density at radius 2 is 0.892 bits per heavy atom. The monoisotopic (exact) mass is 1030 g/mol. The van der Waals surface area contributed by atoms with Crippen molar-refractivity contribution < 1.29 is 13.6 Å². The van der Waals surface area contributed by atoms with E-state index in [1.165, 1.54) is 24.5 Å². The summed E-state index contributed by atoms with van der Waals surface area (Å²) in [5, 5.41) is 25.6. The topological polar surface area (TPSA) is 220 Å². The number of hydrogen-bond donors (Lipinski definition) is 0. The van der Waals surface area contributed by atoms with Gasteiger partial charge in [0.1, 0.15) is 49.4 Å². The fourth-order valence-electron chi connectivity index (χ4n) is 3.76. The molecule has 0 aliphatic heterocycles. The second kappa shape index (κ2) is 62.9. The van der Waals surface area contributed by atoms with Crippen molar-refractivity contribution in [1.29, 1.82) is 0 Å². The molecular weight excluding hydrogens is 929 g/mol. The molecule has 74 heavy (non-hydrogen) atoms. The molecule has 0 aliphatic rings. The first-order valence-corrected chi connectivity index (χ1v) is 27.0. The lowest BCUT2D eigenvalue weighted by Crippen LogP contribution is -1.96. The van der Waals surface area contributed by atoms with Crippen LogP contribution in [0.1, 0.15) is 275 Å². The maximum Gasteiger partial charge on any atom is 0.153 e. The molecular formula is C57H106N14O3. The van der Waals surface area contributed by atoms with E-state index in [1.54, 1.807) is 49.8 Å². The Labute approximate surface area is 451 Å². The number of aromatic nitrogens is 14. The molecule has 0 spiro atoms. The highest BCUT2D eigenvalue weighted by molar-refractivity contribution is 5.07. The van der Waals surface area contributed by atoms with E-state index >= 15 is 0 Å². The van der Waals surface area contributed by atoms with Gasteiger partial charge in [-0.3, -0.25) is 0 Å². The standard InChI is InChI=1S/C7H10N2.3C6H9N3.3C6H9NO.7C2H6/c1-6(2)7-3-8-5-9-4-7;1-5(2)6-8-3-7-4-9-6;1-5(2)6-3-8-9-4-7-6;1-5(2)6-7-3-4-8-9-6;1-5(2)6-3-7-8-4-6;1-5(2)6-3-4-8-7-6;1-5(2)6-3-4-7-8-6;7*1-2/h3-6H,1-2H3;3*3-5H,1-2H3;3*3-5H,1-2H3;7*1-2H3. The van der Waals surface area contributed by atoms with Gasteiger partial charge in [0, 0.05) is 54.0 Å². The molecule has 0 aliphatic carbocycles. The highest BCUT2D eigenvalue weighted by Gasteiger charge is 2.02. The minimum Gasteiger partial charge on any atom is -0.365 e. The van der Waals surface area contributed by atoms with Crippen LogP contribution in [0.5, 0.6) is 0 Å². The fraction of sp³-hybridized carbons (Fsp3) is 0.614. The van der Waals surface area contributed by atoms with E-state index in [0.717, 1.165) is 34.4 Å². The van der Waals surface area contributed by atoms with Gasteiger partial charge < -0.3 is 13.6 Å². The lowest BCUT2D eigenvalue weighted by Gasteiger charge is -1.99. The molecule has 0 amide bonds. The molecule has 17 heteroatoms. The summed E-state index contributed by atoms with van der Waals surface area (Å²) < 4.78 is 14.1. The van der Waals surface area contributed by atoms with Crippen molar-refractivity contribution in [3.8, 4) is 0 Å². The van der Waals surface area contributed by atoms with Crippen molar-refractivity contribution in [2.75, 3.05) is 0 Å². The van der Waals surface area contributed by atoms with Crippen LogP contribution in [0, 0.1) is 0 Å². The molecule has 7 heterocycles. The van der Waals surface area contributed by atoms with E-state index in [-0.39, 0.29) is 0 Å². The van der Waals surface area contributed by atoms with E-state index in [2.05, 4.69) is 163 Å². The average Bonchev–Trinajstić information content (AvgIpc) is 4.32. The Hall–Kier alpha value is -6.26. The Balaban J connectivity index is -0.000000136. The molecule has 0 saturated carbocycles. The quantitative estimate of drug-likeness (QED) is 0.145. The van der Waals surface area contributed by atoms with Crippen LogP contribution >= 0.6 is 0 Å². The van der Waals surface area contributed by atoms with Crippen molar-refractivity contribution >= 4 is 0 Å². The molecule has 0 bridgehead atoms. The largest absolute Gasteiger partial charge is 0.365 e. The first-order chi connectivity index (χ1) is 35.6. The lowest BCUT2D eigenvalue weighted by atomic mass is 10.1. The third kappa shape index (κ3) is 49.3. The van der Waals surface area contributed by atoms with Gasteiger partial charge in [-0.05, 0) is 29.2 Å². The molecule has 7 aromatic rings. The second-order valence-electron chi connectivity index (χ2n) is 15.1. The SMILES string of the molecule is CC.CC.CC.CC.CC.CC.CC.CC(C)c1ccno1.CC(C)c1ccon1.CC(C)c1cncnc1.CC(C)c1cnncn1.CC(C)c1cnoc1.CC(C)c1nccnn1.CC(C)c1ncncn1. The Morgan fingerprint density at radius 1 is 0.365 bits per heavy atom. The number of hydrogen-bond acceptors (Lipinski definition) is 17. The van der Waals surface area contributed by atoms with Gasteiger partial charge in [-0.1, -0.05) is 209 Å². The molecule has 0 radical (unpaired) electrons. The normalized spacial score (nSPS) is 8.85. The van der Waals surface area contributed by atoms with Crippen LogP contribution in [-0.4, -0.2) is 70.8 Å². The van der Waals surface area contributed by atoms with Crippen molar-refractivity contribution in [2.24, 2.45) is 0 Å². The highest BCUT2D eigenvalue weighted by atomic mass is 16.5. The van der Waals surface area contributed by atoms with Crippen molar-refractivity contribution in [2.45, 2.75) is 235 Å². The smallest absolute Gasteiger partial charge is 0.153 e. The number of rotatable bonds is 7. The summed E-state index contributed by atoms with van der Waals surface area (Å²) in [6.45, 7) is 57.1. The van der Waals surface area contributed by atoms with E-state index in [9.17, 15) is 0 Å². The third-order valence-electron chi connectivity index (χ3n) is 7.59. The predicted octanol–water partition coefficient (Wildman–Crippen LogP) is 17.2. The molecule has 7 rings (SSSR count). The second-order valence-corrected chi connectivity index (χ2v) is 15.1. The molecule has 0 N–H and O–H groups in total. The molecule has 0 saturated heterocycles. The van der Waals surface area contributed by atoms with Gasteiger partial charge in [0.15, 0.2) is 5.82 Å². The predicted molar refractivity (Wildman–Crippen MR) is 309 cm³/mol. The maximum absolute atomic E-state index is 4.84. The molecule has 17 nitrogen and oxygen atoms in total. The molecule has 0 fully saturated rings. The zero-order valence-electron chi connectivity index (χ0n) is 51.7. The van der Waals surface area contributed by atoms with E-state index in [1.807, 2.05) is 135 Å². The van der Waals surface area contributed by atoms with Crippen LogP contribution in [0.2, 0.25) is 0 Å². The zero-order chi connectivity index (χ0) is 58.7. The molecule has 0 atom stereocenters. The molecule has 422 valence electrons. The van der Waals surface area contributed by atoms with Crippen LogP contribution in [-0.2, 0) is 0 Å². The fourth-order valence-corrected chi connectivity index (χ4v) is 3.76. The van der Waals surface area contributed by atoms with Gasteiger partial charge in [-0.25, -0.2) is 34.9 Å². The van der Waals surface area contributed by atoms with Gasteiger partial charge in [-0.15, -0.1) is 10.2 Å². The van der Waals surface area contributed by atoms with Crippen molar-refractivity contribution in [3.63, 3.8) is 0 Å². The Kier molecular flexibility index (Phi) is 69.5. The first kappa shape index (κ1) is 81.8. The van der Waals surface area contributed by atoms with E-state index in [0.29, 0.717) is 41.4 Å². The van der Waals surface area contributed by atoms with Crippen LogP contribution in [0.15, 0.2) is 107 Å². The number of nitrogens with zero attached hydrogens (tertiary/aromatic N) is 14. The van der Waals surface area contributed by atoms with Crippen molar-refractivity contribution in [1.82, 2.24) is 70.8 Å². The van der Waals surface area contributed by atoms with E-state index in [4.69, 9.17) is 4.52 Å². The van der Waals surface area contributed by atoms with Crippen LogP contribution < -0.4 is 0 Å². The summed E-state index contributed by atoms with van der Waals surface area (Å²) in [6.07, 6.45) is 21.3. The lowest BCUT2D eigenvalue weighted by molar-refractivity contribution is 0.371. The minimum absolute atomic E-state index is 0.374. The van der Waals surface area contributed by atoms with Gasteiger partial charge in [0.2, 0.25) is 0 Å². The zero-order valence-corrected chi connectivity index (χ0v) is 51.7. The maximum atomic E-state index is 4.84. The summed E-state index contributed by atoms with van der Waals surface area (Å²) in [7, 11) is 0.